The monoisotopic (exact) mass is 445 g/mol. The van der Waals surface area contributed by atoms with Crippen molar-refractivity contribution >= 4 is 17.3 Å². The zero-order valence-corrected chi connectivity index (χ0v) is 19.9. The average Bonchev–Trinajstić information content (AvgIpc) is 3.11. The number of aliphatic imine (C=N–C) groups is 1. The van der Waals surface area contributed by atoms with Crippen molar-refractivity contribution in [3.8, 4) is 5.75 Å². The number of nitrogens with zero attached hydrogens (tertiary/aromatic N) is 3. The van der Waals surface area contributed by atoms with Gasteiger partial charge in [0.15, 0.2) is 5.96 Å². The molecule has 1 aromatic heterocycles. The van der Waals surface area contributed by atoms with E-state index in [4.69, 9.17) is 9.47 Å². The van der Waals surface area contributed by atoms with E-state index in [0.29, 0.717) is 19.2 Å². The number of guanidine groups is 1. The van der Waals surface area contributed by atoms with Crippen molar-refractivity contribution in [2.24, 2.45) is 4.99 Å². The van der Waals surface area contributed by atoms with Crippen LogP contribution in [-0.4, -0.2) is 62.3 Å². The third-order valence-electron chi connectivity index (χ3n) is 5.52. The Labute approximate surface area is 189 Å². The minimum atomic E-state index is 0.602. The van der Waals surface area contributed by atoms with E-state index in [1.165, 1.54) is 4.88 Å². The molecule has 1 aliphatic heterocycles. The summed E-state index contributed by atoms with van der Waals surface area (Å²) in [5.41, 5.74) is 2.24. The lowest BCUT2D eigenvalue weighted by Crippen LogP contribution is -2.38. The van der Waals surface area contributed by atoms with Gasteiger partial charge in [-0.2, -0.15) is 0 Å². The second-order valence-electron chi connectivity index (χ2n) is 7.84. The van der Waals surface area contributed by atoms with Crippen LogP contribution in [0.25, 0.3) is 0 Å². The van der Waals surface area contributed by atoms with Gasteiger partial charge in [-0.3, -0.25) is 9.89 Å². The standard InChI is InChI=1S/C23H35N5O2S/c1-17-22(31-18(2)27-17)16-26-23(24-3)25-15-19-6-5-7-21(14-19)30-13-10-28(4)20-8-11-29-12-9-20/h5-7,14,20H,8-13,15-16H2,1-4H3,(H2,24,25,26). The van der Waals surface area contributed by atoms with E-state index in [1.807, 2.05) is 26.0 Å². The topological polar surface area (TPSA) is 71.0 Å². The summed E-state index contributed by atoms with van der Waals surface area (Å²) in [7, 11) is 3.96. The van der Waals surface area contributed by atoms with Crippen LogP contribution in [0.2, 0.25) is 0 Å². The highest BCUT2D eigenvalue weighted by molar-refractivity contribution is 7.11. The molecule has 0 bridgehead atoms. The molecular weight excluding hydrogens is 410 g/mol. The van der Waals surface area contributed by atoms with Crippen LogP contribution in [0.4, 0.5) is 0 Å². The van der Waals surface area contributed by atoms with Crippen LogP contribution < -0.4 is 15.4 Å². The molecule has 0 aliphatic carbocycles. The molecule has 7 nitrogen and oxygen atoms in total. The molecule has 0 amide bonds. The normalized spacial score (nSPS) is 15.3. The number of hydrogen-bond acceptors (Lipinski definition) is 6. The van der Waals surface area contributed by atoms with Crippen molar-refractivity contribution in [1.29, 1.82) is 0 Å². The highest BCUT2D eigenvalue weighted by Gasteiger charge is 2.18. The molecule has 0 radical (unpaired) electrons. The summed E-state index contributed by atoms with van der Waals surface area (Å²) < 4.78 is 11.5. The fourth-order valence-corrected chi connectivity index (χ4v) is 4.55. The molecule has 170 valence electrons. The second-order valence-corrected chi connectivity index (χ2v) is 9.13. The SMILES string of the molecule is CN=C(NCc1cccc(OCCN(C)C2CCOCC2)c1)NCc1sc(C)nc1C. The van der Waals surface area contributed by atoms with Gasteiger partial charge in [0.2, 0.25) is 0 Å². The van der Waals surface area contributed by atoms with Crippen molar-refractivity contribution < 1.29 is 9.47 Å². The minimum absolute atomic E-state index is 0.602. The number of ether oxygens (including phenoxy) is 2. The molecule has 0 unspecified atom stereocenters. The zero-order valence-electron chi connectivity index (χ0n) is 19.1. The molecule has 1 aromatic carbocycles. The lowest BCUT2D eigenvalue weighted by atomic mass is 10.1. The lowest BCUT2D eigenvalue weighted by Gasteiger charge is -2.31. The number of benzene rings is 1. The van der Waals surface area contributed by atoms with Gasteiger partial charge in [0, 0.05) is 44.3 Å². The second kappa shape index (κ2) is 12.0. The quantitative estimate of drug-likeness (QED) is 0.457. The number of thiazole rings is 1. The van der Waals surface area contributed by atoms with Crippen molar-refractivity contribution in [1.82, 2.24) is 20.5 Å². The van der Waals surface area contributed by atoms with Crippen LogP contribution in [0, 0.1) is 13.8 Å². The Kier molecular flexibility index (Phi) is 9.12. The molecule has 1 aliphatic rings. The minimum Gasteiger partial charge on any atom is -0.492 e. The summed E-state index contributed by atoms with van der Waals surface area (Å²) in [5, 5.41) is 7.83. The molecule has 8 heteroatoms. The Bertz CT molecular complexity index is 848. The summed E-state index contributed by atoms with van der Waals surface area (Å²) in [5.74, 6) is 1.67. The summed E-state index contributed by atoms with van der Waals surface area (Å²) in [6.45, 7) is 8.82. The largest absolute Gasteiger partial charge is 0.492 e. The molecular formula is C23H35N5O2S. The fraction of sp³-hybridized carbons (Fsp3) is 0.565. The summed E-state index contributed by atoms with van der Waals surface area (Å²) in [6.07, 6.45) is 2.21. The van der Waals surface area contributed by atoms with Gasteiger partial charge < -0.3 is 20.1 Å². The number of rotatable bonds is 9. The van der Waals surface area contributed by atoms with E-state index in [2.05, 4.69) is 44.7 Å². The summed E-state index contributed by atoms with van der Waals surface area (Å²) in [6, 6.07) is 8.84. The van der Waals surface area contributed by atoms with E-state index < -0.39 is 0 Å². The maximum Gasteiger partial charge on any atom is 0.191 e. The van der Waals surface area contributed by atoms with Crippen molar-refractivity contribution in [2.75, 3.05) is 40.5 Å². The number of aromatic nitrogens is 1. The third kappa shape index (κ3) is 7.48. The first-order chi connectivity index (χ1) is 15.0. The summed E-state index contributed by atoms with van der Waals surface area (Å²) >= 11 is 1.72. The smallest absolute Gasteiger partial charge is 0.191 e. The Morgan fingerprint density at radius 2 is 2.03 bits per heavy atom. The van der Waals surface area contributed by atoms with Crippen molar-refractivity contribution in [2.45, 2.75) is 45.8 Å². The Balaban J connectivity index is 1.42. The van der Waals surface area contributed by atoms with Gasteiger partial charge in [-0.15, -0.1) is 11.3 Å². The van der Waals surface area contributed by atoms with Gasteiger partial charge in [-0.05, 0) is 51.4 Å². The van der Waals surface area contributed by atoms with E-state index >= 15 is 0 Å². The number of aryl methyl sites for hydroxylation is 2. The van der Waals surface area contributed by atoms with Crippen LogP contribution in [0.5, 0.6) is 5.75 Å². The van der Waals surface area contributed by atoms with Crippen LogP contribution in [-0.2, 0) is 17.8 Å². The molecule has 0 atom stereocenters. The predicted molar refractivity (Wildman–Crippen MR) is 127 cm³/mol. The molecule has 3 rings (SSSR count). The van der Waals surface area contributed by atoms with Gasteiger partial charge in [0.05, 0.1) is 17.2 Å². The van der Waals surface area contributed by atoms with E-state index in [1.54, 1.807) is 18.4 Å². The van der Waals surface area contributed by atoms with E-state index in [0.717, 1.165) is 67.1 Å². The molecule has 1 saturated heterocycles. The first-order valence-corrected chi connectivity index (χ1v) is 11.7. The van der Waals surface area contributed by atoms with E-state index in [9.17, 15) is 0 Å². The molecule has 0 spiro atoms. The van der Waals surface area contributed by atoms with Crippen LogP contribution in [0.1, 0.15) is 34.0 Å². The van der Waals surface area contributed by atoms with Crippen LogP contribution in [0.15, 0.2) is 29.3 Å². The Morgan fingerprint density at radius 3 is 2.74 bits per heavy atom. The molecule has 2 aromatic rings. The van der Waals surface area contributed by atoms with Crippen LogP contribution in [0.3, 0.4) is 0 Å². The first-order valence-electron chi connectivity index (χ1n) is 10.9. The Morgan fingerprint density at radius 1 is 1.26 bits per heavy atom. The summed E-state index contributed by atoms with van der Waals surface area (Å²) in [4.78, 5) is 12.4. The molecule has 2 N–H and O–H groups in total. The maximum absolute atomic E-state index is 6.01. The predicted octanol–water partition coefficient (Wildman–Crippen LogP) is 3.11. The first kappa shape index (κ1) is 23.5. The van der Waals surface area contributed by atoms with Gasteiger partial charge >= 0.3 is 0 Å². The highest BCUT2D eigenvalue weighted by atomic mass is 32.1. The van der Waals surface area contributed by atoms with Gasteiger partial charge in [0.25, 0.3) is 0 Å². The number of nitrogens with one attached hydrogen (secondary N) is 2. The van der Waals surface area contributed by atoms with Gasteiger partial charge in [-0.25, -0.2) is 4.98 Å². The zero-order chi connectivity index (χ0) is 22.1. The van der Waals surface area contributed by atoms with Gasteiger partial charge in [-0.1, -0.05) is 12.1 Å². The van der Waals surface area contributed by atoms with E-state index in [-0.39, 0.29) is 0 Å². The molecule has 1 fully saturated rings. The molecule has 31 heavy (non-hydrogen) atoms. The lowest BCUT2D eigenvalue weighted by molar-refractivity contribution is 0.0392. The fourth-order valence-electron chi connectivity index (χ4n) is 3.67. The molecule has 2 heterocycles. The van der Waals surface area contributed by atoms with Crippen molar-refractivity contribution in [3.05, 3.63) is 45.4 Å². The number of likely N-dealkylation sites (N-methyl/N-ethyl adjacent to an activating group) is 1. The molecule has 0 saturated carbocycles. The maximum atomic E-state index is 6.01. The third-order valence-corrected chi connectivity index (χ3v) is 6.60. The van der Waals surface area contributed by atoms with Gasteiger partial charge in [0.1, 0.15) is 12.4 Å². The highest BCUT2D eigenvalue weighted by Crippen LogP contribution is 2.17. The number of hydrogen-bond donors (Lipinski definition) is 2. The Hall–Kier alpha value is -2.16. The average molecular weight is 446 g/mol. The van der Waals surface area contributed by atoms with Crippen molar-refractivity contribution in [3.63, 3.8) is 0 Å². The van der Waals surface area contributed by atoms with Crippen LogP contribution >= 0.6 is 11.3 Å².